The summed E-state index contributed by atoms with van der Waals surface area (Å²) in [5.74, 6) is 0.802. The number of carbonyl (C=O) groups is 1. The maximum absolute atomic E-state index is 11.6. The predicted molar refractivity (Wildman–Crippen MR) is 85.0 cm³/mol. The van der Waals surface area contributed by atoms with E-state index in [0.717, 1.165) is 31.0 Å². The molecule has 7 nitrogen and oxygen atoms in total. The summed E-state index contributed by atoms with van der Waals surface area (Å²) in [6.07, 6.45) is 1.70. The number of ether oxygens (including phenoxy) is 2. The van der Waals surface area contributed by atoms with Gasteiger partial charge in [0.2, 0.25) is 5.91 Å². The number of rotatable bonds is 6. The van der Waals surface area contributed by atoms with Crippen LogP contribution in [-0.2, 0) is 20.8 Å². The molecule has 0 saturated carbocycles. The molecule has 0 aromatic carbocycles. The van der Waals surface area contributed by atoms with Gasteiger partial charge in [0, 0.05) is 39.3 Å². The van der Waals surface area contributed by atoms with E-state index in [9.17, 15) is 4.79 Å². The van der Waals surface area contributed by atoms with Crippen LogP contribution >= 0.6 is 0 Å². The Morgan fingerprint density at radius 2 is 2.26 bits per heavy atom. The summed E-state index contributed by atoms with van der Waals surface area (Å²) in [5, 5.41) is 3.83. The normalized spacial score (nSPS) is 21.3. The van der Waals surface area contributed by atoms with Gasteiger partial charge in [0.25, 0.3) is 0 Å². The van der Waals surface area contributed by atoms with Crippen LogP contribution in [0.4, 0.5) is 0 Å². The second-order valence-electron chi connectivity index (χ2n) is 6.88. The Morgan fingerprint density at radius 1 is 1.52 bits per heavy atom. The van der Waals surface area contributed by atoms with Gasteiger partial charge in [-0.05, 0) is 20.8 Å². The third-order valence-electron chi connectivity index (χ3n) is 3.82. The maximum Gasteiger partial charge on any atom is 0.248 e. The van der Waals surface area contributed by atoms with Crippen molar-refractivity contribution in [2.75, 3.05) is 40.4 Å². The van der Waals surface area contributed by atoms with Crippen LogP contribution in [0, 0.1) is 6.92 Å². The van der Waals surface area contributed by atoms with Crippen molar-refractivity contribution in [3.63, 3.8) is 0 Å². The summed E-state index contributed by atoms with van der Waals surface area (Å²) in [7, 11) is 3.43. The summed E-state index contributed by atoms with van der Waals surface area (Å²) in [6.45, 7) is 8.89. The number of likely N-dealkylation sites (N-methyl/N-ethyl adjacent to an activating group) is 1. The third kappa shape index (κ3) is 5.30. The van der Waals surface area contributed by atoms with Gasteiger partial charge in [0.15, 0.2) is 0 Å². The molecule has 1 fully saturated rings. The highest BCUT2D eigenvalue weighted by molar-refractivity contribution is 5.76. The molecule has 1 aromatic rings. The third-order valence-corrected chi connectivity index (χ3v) is 3.82. The number of carbonyl (C=O) groups excluding carboxylic acids is 1. The molecule has 1 atom stereocenters. The Hall–Kier alpha value is -1.44. The quantitative estimate of drug-likeness (QED) is 0.779. The molecule has 2 heterocycles. The van der Waals surface area contributed by atoms with Crippen LogP contribution in [0.15, 0.2) is 10.7 Å². The van der Waals surface area contributed by atoms with Crippen molar-refractivity contribution in [3.05, 3.63) is 17.5 Å². The molecule has 1 aromatic heterocycles. The van der Waals surface area contributed by atoms with E-state index in [1.807, 2.05) is 6.92 Å². The molecule has 1 aliphatic heterocycles. The van der Waals surface area contributed by atoms with Gasteiger partial charge in [-0.2, -0.15) is 0 Å². The second-order valence-corrected chi connectivity index (χ2v) is 6.88. The van der Waals surface area contributed by atoms with Crippen LogP contribution in [0.5, 0.6) is 0 Å². The summed E-state index contributed by atoms with van der Waals surface area (Å²) in [6, 6.07) is 0. The fourth-order valence-corrected chi connectivity index (χ4v) is 2.74. The van der Waals surface area contributed by atoms with Crippen LogP contribution in [0.25, 0.3) is 0 Å². The van der Waals surface area contributed by atoms with Crippen molar-refractivity contribution in [3.8, 4) is 0 Å². The highest BCUT2D eigenvalue weighted by Gasteiger charge is 2.33. The molecule has 1 aliphatic rings. The van der Waals surface area contributed by atoms with Crippen molar-refractivity contribution in [1.82, 2.24) is 15.0 Å². The van der Waals surface area contributed by atoms with Crippen molar-refractivity contribution in [2.45, 2.75) is 39.0 Å². The largest absolute Gasteiger partial charge is 0.369 e. The number of aromatic nitrogens is 1. The Bertz CT molecular complexity index is 527. The Labute approximate surface area is 137 Å². The molecular formula is C16H27N3O4. The minimum absolute atomic E-state index is 0.0444. The first-order valence-corrected chi connectivity index (χ1v) is 7.85. The second kappa shape index (κ2) is 7.42. The molecule has 0 bridgehead atoms. The van der Waals surface area contributed by atoms with Gasteiger partial charge in [-0.25, -0.2) is 0 Å². The van der Waals surface area contributed by atoms with E-state index in [1.54, 1.807) is 20.3 Å². The smallest absolute Gasteiger partial charge is 0.248 e. The fourth-order valence-electron chi connectivity index (χ4n) is 2.74. The van der Waals surface area contributed by atoms with Gasteiger partial charge in [0.05, 0.1) is 24.5 Å². The topological polar surface area (TPSA) is 68.0 Å². The van der Waals surface area contributed by atoms with Crippen molar-refractivity contribution >= 4 is 5.91 Å². The zero-order valence-electron chi connectivity index (χ0n) is 14.7. The Morgan fingerprint density at radius 3 is 2.87 bits per heavy atom. The monoisotopic (exact) mass is 325 g/mol. The summed E-state index contributed by atoms with van der Waals surface area (Å²) in [4.78, 5) is 15.4. The molecule has 0 unspecified atom stereocenters. The van der Waals surface area contributed by atoms with E-state index in [4.69, 9.17) is 14.0 Å². The van der Waals surface area contributed by atoms with Crippen LogP contribution in [-0.4, -0.2) is 73.0 Å². The number of aryl methyl sites for hydroxylation is 1. The molecule has 0 aliphatic carbocycles. The van der Waals surface area contributed by atoms with Crippen LogP contribution in [0.2, 0.25) is 0 Å². The molecule has 0 spiro atoms. The van der Waals surface area contributed by atoms with Crippen molar-refractivity contribution in [2.24, 2.45) is 0 Å². The average molecular weight is 325 g/mol. The standard InChI is InChI=1S/C16H27N3O4/c1-12-13(6-17-23-12)7-19-8-14(22-16(2,3)11-19)9-21-10-15(20)18(4)5/h6,14H,7-11H2,1-5H3/t14-/m0/s1. The van der Waals surface area contributed by atoms with E-state index >= 15 is 0 Å². The highest BCUT2D eigenvalue weighted by Crippen LogP contribution is 2.23. The summed E-state index contributed by atoms with van der Waals surface area (Å²) in [5.41, 5.74) is 0.827. The predicted octanol–water partition coefficient (Wildman–Crippen LogP) is 1.07. The van der Waals surface area contributed by atoms with Crippen LogP contribution in [0.3, 0.4) is 0 Å². The van der Waals surface area contributed by atoms with Gasteiger partial charge < -0.3 is 18.9 Å². The maximum atomic E-state index is 11.6. The summed E-state index contributed by atoms with van der Waals surface area (Å²) >= 11 is 0. The zero-order valence-corrected chi connectivity index (χ0v) is 14.7. The number of hydrogen-bond acceptors (Lipinski definition) is 6. The minimum atomic E-state index is -0.261. The number of hydrogen-bond donors (Lipinski definition) is 0. The molecule has 0 radical (unpaired) electrons. The molecule has 2 rings (SSSR count). The van der Waals surface area contributed by atoms with Gasteiger partial charge >= 0.3 is 0 Å². The number of nitrogens with zero attached hydrogens (tertiary/aromatic N) is 3. The zero-order chi connectivity index (χ0) is 17.0. The van der Waals surface area contributed by atoms with Gasteiger partial charge in [-0.15, -0.1) is 0 Å². The Kier molecular flexibility index (Phi) is 5.78. The lowest BCUT2D eigenvalue weighted by molar-refractivity contribution is -0.161. The minimum Gasteiger partial charge on any atom is -0.369 e. The molecule has 1 amide bonds. The summed E-state index contributed by atoms with van der Waals surface area (Å²) < 4.78 is 16.7. The van der Waals surface area contributed by atoms with Gasteiger partial charge in [-0.3, -0.25) is 9.69 Å². The van der Waals surface area contributed by atoms with Gasteiger partial charge in [-0.1, -0.05) is 5.16 Å². The lowest BCUT2D eigenvalue weighted by Gasteiger charge is -2.42. The molecule has 130 valence electrons. The van der Waals surface area contributed by atoms with E-state index in [0.29, 0.717) is 6.61 Å². The van der Waals surface area contributed by atoms with E-state index in [-0.39, 0.29) is 24.2 Å². The highest BCUT2D eigenvalue weighted by atomic mass is 16.6. The van der Waals surface area contributed by atoms with E-state index in [1.165, 1.54) is 4.90 Å². The number of amides is 1. The van der Waals surface area contributed by atoms with Crippen molar-refractivity contribution in [1.29, 1.82) is 0 Å². The average Bonchev–Trinajstić information content (AvgIpc) is 2.82. The molecular weight excluding hydrogens is 298 g/mol. The SMILES string of the molecule is Cc1oncc1CN1C[C@@H](COCC(=O)N(C)C)OC(C)(C)C1. The molecule has 0 N–H and O–H groups in total. The lowest BCUT2D eigenvalue weighted by Crippen LogP contribution is -2.53. The first-order valence-electron chi connectivity index (χ1n) is 7.85. The first-order chi connectivity index (χ1) is 10.8. The van der Waals surface area contributed by atoms with Crippen molar-refractivity contribution < 1.29 is 18.8 Å². The van der Waals surface area contributed by atoms with Gasteiger partial charge in [0.1, 0.15) is 12.4 Å². The van der Waals surface area contributed by atoms with E-state index < -0.39 is 0 Å². The van der Waals surface area contributed by atoms with E-state index in [2.05, 4.69) is 23.9 Å². The Balaban J connectivity index is 1.88. The lowest BCUT2D eigenvalue weighted by atomic mass is 10.0. The first kappa shape index (κ1) is 17.9. The fraction of sp³-hybridized carbons (Fsp3) is 0.750. The molecule has 23 heavy (non-hydrogen) atoms. The van der Waals surface area contributed by atoms with Crippen LogP contribution < -0.4 is 0 Å². The molecule has 1 saturated heterocycles. The number of morpholine rings is 1. The molecule has 7 heteroatoms. The van der Waals surface area contributed by atoms with Crippen LogP contribution in [0.1, 0.15) is 25.2 Å².